The maximum absolute atomic E-state index is 13.4. The number of para-hydroxylation sites is 2. The van der Waals surface area contributed by atoms with E-state index in [0.29, 0.717) is 24.4 Å². The van der Waals surface area contributed by atoms with Crippen LogP contribution in [-0.4, -0.2) is 13.0 Å². The van der Waals surface area contributed by atoms with Gasteiger partial charge in [-0.15, -0.1) is 0 Å². The summed E-state index contributed by atoms with van der Waals surface area (Å²) in [5, 5.41) is 0. The molecule has 0 fully saturated rings. The van der Waals surface area contributed by atoms with Crippen molar-refractivity contribution in [2.75, 3.05) is 11.9 Å². The van der Waals surface area contributed by atoms with Crippen molar-refractivity contribution in [2.45, 2.75) is 13.0 Å². The van der Waals surface area contributed by atoms with Crippen LogP contribution in [0.15, 0.2) is 114 Å². The van der Waals surface area contributed by atoms with Gasteiger partial charge in [-0.05, 0) is 41.5 Å². The van der Waals surface area contributed by atoms with E-state index in [2.05, 4.69) is 4.90 Å². The minimum absolute atomic E-state index is 0.359. The highest BCUT2D eigenvalue weighted by Crippen LogP contribution is 2.43. The Morgan fingerprint density at radius 1 is 0.875 bits per heavy atom. The molecular formula is C28H23NO3. The molecule has 1 aliphatic heterocycles. The molecule has 3 aromatic carbocycles. The number of rotatable bonds is 5. The van der Waals surface area contributed by atoms with Gasteiger partial charge < -0.3 is 14.4 Å². The van der Waals surface area contributed by atoms with Crippen molar-refractivity contribution < 1.29 is 14.3 Å². The van der Waals surface area contributed by atoms with Crippen molar-refractivity contribution in [3.63, 3.8) is 0 Å². The molecule has 0 aromatic heterocycles. The Kier molecular flexibility index (Phi) is 5.34. The number of hydrogen-bond donors (Lipinski definition) is 0. The number of carbonyl (C=O) groups excluding carboxylic acids is 1. The fourth-order valence-electron chi connectivity index (χ4n) is 4.13. The lowest BCUT2D eigenvalue weighted by Crippen LogP contribution is -2.28. The molecule has 0 unspecified atom stereocenters. The summed E-state index contributed by atoms with van der Waals surface area (Å²) < 4.78 is 11.9. The smallest absolute Gasteiger partial charge is 0.344 e. The van der Waals surface area contributed by atoms with E-state index in [0.717, 1.165) is 33.8 Å². The third-order valence-electron chi connectivity index (χ3n) is 5.71. The highest BCUT2D eigenvalue weighted by Gasteiger charge is 2.33. The van der Waals surface area contributed by atoms with Crippen LogP contribution in [0.3, 0.4) is 0 Å². The summed E-state index contributed by atoms with van der Waals surface area (Å²) in [7, 11) is 2.02. The summed E-state index contributed by atoms with van der Waals surface area (Å²) in [6.07, 6.45) is 4.54. The first-order valence-electron chi connectivity index (χ1n) is 10.6. The topological polar surface area (TPSA) is 38.8 Å². The predicted molar refractivity (Wildman–Crippen MR) is 126 cm³/mol. The van der Waals surface area contributed by atoms with Crippen LogP contribution in [0.5, 0.6) is 5.75 Å². The minimum atomic E-state index is -0.359. The van der Waals surface area contributed by atoms with Gasteiger partial charge in [0.05, 0.1) is 5.57 Å². The summed E-state index contributed by atoms with van der Waals surface area (Å²) in [6, 6.07) is 27.2. The van der Waals surface area contributed by atoms with Crippen LogP contribution in [0.2, 0.25) is 0 Å². The average Bonchev–Trinajstić information content (AvgIpc) is 2.84. The van der Waals surface area contributed by atoms with E-state index in [1.54, 1.807) is 12.1 Å². The molecule has 0 N–H and O–H groups in total. The summed E-state index contributed by atoms with van der Waals surface area (Å²) in [4.78, 5) is 15.5. The molecule has 0 saturated heterocycles. The molecule has 3 aromatic rings. The molecule has 0 atom stereocenters. The summed E-state index contributed by atoms with van der Waals surface area (Å²) >= 11 is 0. The third-order valence-corrected chi connectivity index (χ3v) is 5.71. The Balaban J connectivity index is 1.50. The lowest BCUT2D eigenvalue weighted by molar-refractivity contribution is -0.128. The lowest BCUT2D eigenvalue weighted by atomic mass is 9.87. The average molecular weight is 421 g/mol. The number of nitrogens with zero attached hydrogens (tertiary/aromatic N) is 1. The minimum Gasteiger partial charge on any atom is -0.493 e. The molecule has 4 nitrogen and oxygen atoms in total. The van der Waals surface area contributed by atoms with Crippen LogP contribution < -0.4 is 9.64 Å². The lowest BCUT2D eigenvalue weighted by Gasteiger charge is -2.35. The van der Waals surface area contributed by atoms with Crippen molar-refractivity contribution in [2.24, 2.45) is 0 Å². The largest absolute Gasteiger partial charge is 0.493 e. The number of allylic oxidation sites excluding steroid dienone is 4. The monoisotopic (exact) mass is 421 g/mol. The van der Waals surface area contributed by atoms with Gasteiger partial charge in [-0.3, -0.25) is 0 Å². The van der Waals surface area contributed by atoms with Crippen molar-refractivity contribution in [3.8, 4) is 5.75 Å². The Morgan fingerprint density at radius 3 is 2.34 bits per heavy atom. The Bertz CT molecular complexity index is 1240. The van der Waals surface area contributed by atoms with Gasteiger partial charge in [0.1, 0.15) is 18.1 Å². The quantitative estimate of drug-likeness (QED) is 0.381. The van der Waals surface area contributed by atoms with Gasteiger partial charge in [0.15, 0.2) is 0 Å². The highest BCUT2D eigenvalue weighted by molar-refractivity contribution is 6.22. The van der Waals surface area contributed by atoms with E-state index >= 15 is 0 Å². The number of ether oxygens (including phenoxy) is 2. The maximum atomic E-state index is 13.4. The van der Waals surface area contributed by atoms with Gasteiger partial charge in [-0.2, -0.15) is 0 Å². The molecule has 0 amide bonds. The molecule has 4 heteroatoms. The Morgan fingerprint density at radius 2 is 1.56 bits per heavy atom. The second-order valence-electron chi connectivity index (χ2n) is 7.77. The summed E-state index contributed by atoms with van der Waals surface area (Å²) in [5.41, 5.74) is 5.43. The van der Waals surface area contributed by atoms with Crippen molar-refractivity contribution >= 4 is 17.2 Å². The molecule has 1 heterocycles. The Labute approximate surface area is 187 Å². The van der Waals surface area contributed by atoms with E-state index in [1.807, 2.05) is 92.0 Å². The van der Waals surface area contributed by atoms with Gasteiger partial charge in [0.2, 0.25) is 0 Å². The first-order chi connectivity index (χ1) is 15.7. The number of esters is 1. The molecule has 0 radical (unpaired) electrons. The number of hydrogen-bond acceptors (Lipinski definition) is 4. The van der Waals surface area contributed by atoms with Crippen LogP contribution >= 0.6 is 0 Å². The zero-order valence-corrected chi connectivity index (χ0v) is 17.8. The van der Waals surface area contributed by atoms with E-state index in [9.17, 15) is 4.79 Å². The standard InChI is InChI=1S/C28H23NO3/c1-29-25-15-9-8-14-23(25)27(28(30)32-21-12-6-3-7-13-21)24-18-22(16-17-26(24)29)31-19-20-10-4-2-5-11-20/h2-17H,18-19H2,1H3. The molecule has 2 aliphatic rings. The summed E-state index contributed by atoms with van der Waals surface area (Å²) in [6.45, 7) is 0.485. The molecule has 1 aliphatic carbocycles. The van der Waals surface area contributed by atoms with Crippen LogP contribution in [0, 0.1) is 0 Å². The number of fused-ring (bicyclic) bond motifs is 2. The van der Waals surface area contributed by atoms with Crippen LogP contribution in [0.4, 0.5) is 5.69 Å². The normalized spacial score (nSPS) is 14.7. The van der Waals surface area contributed by atoms with E-state index in [1.165, 1.54) is 0 Å². The number of carbonyl (C=O) groups is 1. The van der Waals surface area contributed by atoms with Crippen molar-refractivity contribution in [1.29, 1.82) is 0 Å². The predicted octanol–water partition coefficient (Wildman–Crippen LogP) is 5.88. The van der Waals surface area contributed by atoms with E-state index in [-0.39, 0.29) is 5.97 Å². The zero-order chi connectivity index (χ0) is 21.9. The van der Waals surface area contributed by atoms with Crippen LogP contribution in [0.1, 0.15) is 17.5 Å². The molecular weight excluding hydrogens is 398 g/mol. The second kappa shape index (κ2) is 8.60. The first-order valence-corrected chi connectivity index (χ1v) is 10.6. The molecule has 5 rings (SSSR count). The molecule has 0 saturated carbocycles. The number of likely N-dealkylation sites (N-methyl/N-ethyl adjacent to an activating group) is 1. The molecule has 0 spiro atoms. The van der Waals surface area contributed by atoms with Gasteiger partial charge in [0, 0.05) is 30.4 Å². The number of benzene rings is 3. The fraction of sp³-hybridized carbons (Fsp3) is 0.107. The zero-order valence-electron chi connectivity index (χ0n) is 17.8. The Hall–Kier alpha value is -4.05. The molecule has 0 bridgehead atoms. The van der Waals surface area contributed by atoms with E-state index < -0.39 is 0 Å². The van der Waals surface area contributed by atoms with Crippen molar-refractivity contribution in [1.82, 2.24) is 0 Å². The second-order valence-corrected chi connectivity index (χ2v) is 7.77. The molecule has 32 heavy (non-hydrogen) atoms. The van der Waals surface area contributed by atoms with Crippen molar-refractivity contribution in [3.05, 3.63) is 125 Å². The maximum Gasteiger partial charge on any atom is 0.344 e. The van der Waals surface area contributed by atoms with E-state index in [4.69, 9.17) is 9.47 Å². The van der Waals surface area contributed by atoms with Gasteiger partial charge in [0.25, 0.3) is 0 Å². The third kappa shape index (κ3) is 3.83. The van der Waals surface area contributed by atoms with Crippen LogP contribution in [-0.2, 0) is 16.1 Å². The first kappa shape index (κ1) is 19.9. The highest BCUT2D eigenvalue weighted by atomic mass is 16.5. The van der Waals surface area contributed by atoms with Crippen LogP contribution in [0.25, 0.3) is 5.57 Å². The van der Waals surface area contributed by atoms with Gasteiger partial charge in [-0.1, -0.05) is 66.7 Å². The SMILES string of the molecule is CN1C2=CC=C(OCc3ccccc3)CC2=C(C(=O)Oc2ccccc2)c2ccccc21. The molecule has 158 valence electrons. The number of anilines is 1. The fourth-order valence-corrected chi connectivity index (χ4v) is 4.13. The van der Waals surface area contributed by atoms with Gasteiger partial charge >= 0.3 is 5.97 Å². The summed E-state index contributed by atoms with van der Waals surface area (Å²) in [5.74, 6) is 0.992. The van der Waals surface area contributed by atoms with Gasteiger partial charge in [-0.25, -0.2) is 4.79 Å².